The number of H-pyrrole nitrogens is 1. The van der Waals surface area contributed by atoms with Crippen molar-refractivity contribution < 1.29 is 0 Å². The largest absolute Gasteiger partial charge is 0.265 e. The first-order valence-electron chi connectivity index (χ1n) is 6.12. The molecule has 0 aliphatic rings. The highest BCUT2D eigenvalue weighted by Gasteiger charge is 2.07. The van der Waals surface area contributed by atoms with Crippen molar-refractivity contribution in [2.45, 2.75) is 0 Å². The number of aromatic nitrogens is 4. The third-order valence-corrected chi connectivity index (χ3v) is 3.41. The molecule has 0 fully saturated rings. The molecule has 0 unspecified atom stereocenters. The topological polar surface area (TPSA) is 58.9 Å². The van der Waals surface area contributed by atoms with E-state index in [2.05, 4.69) is 20.3 Å². The van der Waals surface area contributed by atoms with E-state index in [9.17, 15) is 0 Å². The second-order valence-corrected chi connectivity index (χ2v) is 4.96. The van der Waals surface area contributed by atoms with Crippen LogP contribution in [0, 0.1) is 4.77 Å². The Morgan fingerprint density at radius 2 is 1.95 bits per heavy atom. The van der Waals surface area contributed by atoms with E-state index in [1.807, 2.05) is 30.3 Å². The number of hydrogen-bond acceptors (Lipinski definition) is 4. The highest BCUT2D eigenvalue weighted by molar-refractivity contribution is 7.71. The molecule has 0 atom stereocenters. The SMILES string of the molecule is S=c1[nH]nc(-c2ccncc2)n1/N=C/c1ccccc1Cl. The average Bonchev–Trinajstić information content (AvgIpc) is 2.88. The lowest BCUT2D eigenvalue weighted by molar-refractivity contribution is 0.871. The summed E-state index contributed by atoms with van der Waals surface area (Å²) in [5, 5.41) is 11.9. The van der Waals surface area contributed by atoms with Gasteiger partial charge in [-0.2, -0.15) is 14.9 Å². The summed E-state index contributed by atoms with van der Waals surface area (Å²) in [6.07, 6.45) is 5.03. The van der Waals surface area contributed by atoms with Crippen molar-refractivity contribution in [3.05, 3.63) is 64.1 Å². The fourth-order valence-corrected chi connectivity index (χ4v) is 2.15. The second kappa shape index (κ2) is 5.99. The molecule has 0 bridgehead atoms. The van der Waals surface area contributed by atoms with Gasteiger partial charge < -0.3 is 0 Å². The van der Waals surface area contributed by atoms with Crippen LogP contribution in [-0.2, 0) is 0 Å². The average molecular weight is 316 g/mol. The van der Waals surface area contributed by atoms with E-state index >= 15 is 0 Å². The van der Waals surface area contributed by atoms with E-state index in [-0.39, 0.29) is 0 Å². The Morgan fingerprint density at radius 1 is 1.19 bits per heavy atom. The van der Waals surface area contributed by atoms with E-state index in [4.69, 9.17) is 23.8 Å². The Balaban J connectivity index is 2.02. The predicted molar refractivity (Wildman–Crippen MR) is 85.1 cm³/mol. The van der Waals surface area contributed by atoms with Crippen molar-refractivity contribution in [3.63, 3.8) is 0 Å². The Labute approximate surface area is 130 Å². The van der Waals surface area contributed by atoms with Gasteiger partial charge in [0, 0.05) is 28.5 Å². The molecule has 7 heteroatoms. The molecule has 0 spiro atoms. The van der Waals surface area contributed by atoms with E-state index < -0.39 is 0 Å². The molecule has 2 heterocycles. The van der Waals surface area contributed by atoms with Crippen LogP contribution in [-0.4, -0.2) is 26.1 Å². The minimum Gasteiger partial charge on any atom is -0.265 e. The normalized spacial score (nSPS) is 11.1. The van der Waals surface area contributed by atoms with Gasteiger partial charge in [0.05, 0.1) is 6.21 Å². The van der Waals surface area contributed by atoms with Crippen molar-refractivity contribution in [3.8, 4) is 11.4 Å². The molecule has 0 aliphatic heterocycles. The van der Waals surface area contributed by atoms with Gasteiger partial charge >= 0.3 is 0 Å². The van der Waals surface area contributed by atoms with Crippen LogP contribution in [0.1, 0.15) is 5.56 Å². The number of pyridine rings is 1. The van der Waals surface area contributed by atoms with Gasteiger partial charge in [0.2, 0.25) is 4.77 Å². The predicted octanol–water partition coefficient (Wildman–Crippen LogP) is 3.54. The lowest BCUT2D eigenvalue weighted by atomic mass is 10.2. The van der Waals surface area contributed by atoms with E-state index in [0.717, 1.165) is 11.1 Å². The van der Waals surface area contributed by atoms with Gasteiger partial charge in [-0.25, -0.2) is 5.10 Å². The van der Waals surface area contributed by atoms with Crippen LogP contribution in [0.4, 0.5) is 0 Å². The molecule has 104 valence electrons. The fourth-order valence-electron chi connectivity index (χ4n) is 1.79. The standard InChI is InChI=1S/C14H10ClN5S/c15-12-4-2-1-3-11(12)9-17-20-13(18-19-14(20)21)10-5-7-16-8-6-10/h1-9H,(H,19,21)/b17-9+. The monoisotopic (exact) mass is 315 g/mol. The molecular formula is C14H10ClN5S. The molecule has 0 amide bonds. The van der Waals surface area contributed by atoms with Gasteiger partial charge in [-0.3, -0.25) is 4.98 Å². The summed E-state index contributed by atoms with van der Waals surface area (Å²) in [6.45, 7) is 0. The first kappa shape index (κ1) is 13.7. The molecule has 1 N–H and O–H groups in total. The smallest absolute Gasteiger partial charge is 0.216 e. The minimum atomic E-state index is 0.408. The number of rotatable bonds is 3. The van der Waals surface area contributed by atoms with Crippen LogP contribution in [0.3, 0.4) is 0 Å². The zero-order valence-corrected chi connectivity index (χ0v) is 12.3. The number of nitrogens with one attached hydrogen (secondary N) is 1. The first-order valence-corrected chi connectivity index (χ1v) is 6.91. The molecule has 0 aliphatic carbocycles. The van der Waals surface area contributed by atoms with Crippen molar-refractivity contribution in [1.29, 1.82) is 0 Å². The van der Waals surface area contributed by atoms with Crippen LogP contribution < -0.4 is 0 Å². The van der Waals surface area contributed by atoms with Gasteiger partial charge in [-0.05, 0) is 30.4 Å². The summed E-state index contributed by atoms with van der Waals surface area (Å²) in [5.41, 5.74) is 1.68. The number of aromatic amines is 1. The van der Waals surface area contributed by atoms with Gasteiger partial charge in [-0.1, -0.05) is 29.8 Å². The molecule has 0 saturated heterocycles. The molecule has 5 nitrogen and oxygen atoms in total. The highest BCUT2D eigenvalue weighted by Crippen LogP contribution is 2.16. The third-order valence-electron chi connectivity index (χ3n) is 2.81. The molecule has 0 saturated carbocycles. The lowest BCUT2D eigenvalue weighted by Gasteiger charge is -2.01. The Hall–Kier alpha value is -2.31. The summed E-state index contributed by atoms with van der Waals surface area (Å²) >= 11 is 11.3. The Morgan fingerprint density at radius 3 is 2.71 bits per heavy atom. The van der Waals surface area contributed by atoms with Crippen molar-refractivity contribution in [2.24, 2.45) is 5.10 Å². The molecule has 21 heavy (non-hydrogen) atoms. The summed E-state index contributed by atoms with van der Waals surface area (Å²) in [5.74, 6) is 0.616. The molecular weight excluding hydrogens is 306 g/mol. The molecule has 3 rings (SSSR count). The van der Waals surface area contributed by atoms with Crippen LogP contribution in [0.15, 0.2) is 53.9 Å². The van der Waals surface area contributed by atoms with Crippen LogP contribution in [0.2, 0.25) is 5.02 Å². The first-order chi connectivity index (χ1) is 10.3. The van der Waals surface area contributed by atoms with Crippen molar-refractivity contribution in [2.75, 3.05) is 0 Å². The van der Waals surface area contributed by atoms with Crippen molar-refractivity contribution in [1.82, 2.24) is 19.9 Å². The van der Waals surface area contributed by atoms with Crippen molar-refractivity contribution >= 4 is 30.0 Å². The highest BCUT2D eigenvalue weighted by atomic mass is 35.5. The minimum absolute atomic E-state index is 0.408. The molecule has 0 radical (unpaired) electrons. The van der Waals surface area contributed by atoms with Gasteiger partial charge in [0.1, 0.15) is 0 Å². The number of halogens is 1. The number of benzene rings is 1. The summed E-state index contributed by atoms with van der Waals surface area (Å²) < 4.78 is 1.96. The van der Waals surface area contributed by atoms with E-state index in [0.29, 0.717) is 15.6 Å². The third kappa shape index (κ3) is 2.91. The summed E-state index contributed by atoms with van der Waals surface area (Å²) in [7, 11) is 0. The fraction of sp³-hybridized carbons (Fsp3) is 0. The maximum atomic E-state index is 6.10. The summed E-state index contributed by atoms with van der Waals surface area (Å²) in [6, 6.07) is 11.1. The van der Waals surface area contributed by atoms with Gasteiger partial charge in [0.15, 0.2) is 5.82 Å². The van der Waals surface area contributed by atoms with Crippen LogP contribution in [0.5, 0.6) is 0 Å². The maximum absolute atomic E-state index is 6.10. The zero-order valence-electron chi connectivity index (χ0n) is 10.8. The van der Waals surface area contributed by atoms with Crippen LogP contribution in [0.25, 0.3) is 11.4 Å². The Bertz CT molecular complexity index is 838. The van der Waals surface area contributed by atoms with Gasteiger partial charge in [0.25, 0.3) is 0 Å². The number of hydrogen-bond donors (Lipinski definition) is 1. The lowest BCUT2D eigenvalue weighted by Crippen LogP contribution is -1.95. The second-order valence-electron chi connectivity index (χ2n) is 4.17. The van der Waals surface area contributed by atoms with Crippen LogP contribution >= 0.6 is 23.8 Å². The molecule has 3 aromatic rings. The summed E-state index contributed by atoms with van der Waals surface area (Å²) in [4.78, 5) is 3.98. The Kier molecular flexibility index (Phi) is 3.89. The van der Waals surface area contributed by atoms with Gasteiger partial charge in [-0.15, -0.1) is 0 Å². The quantitative estimate of drug-likeness (QED) is 0.594. The maximum Gasteiger partial charge on any atom is 0.216 e. The molecule has 2 aromatic heterocycles. The van der Waals surface area contributed by atoms with E-state index in [1.165, 1.54) is 0 Å². The zero-order chi connectivity index (χ0) is 14.7. The van der Waals surface area contributed by atoms with E-state index in [1.54, 1.807) is 29.4 Å². The molecule has 1 aromatic carbocycles. The number of nitrogens with zero attached hydrogens (tertiary/aromatic N) is 4.